The van der Waals surface area contributed by atoms with Crippen LogP contribution in [0.3, 0.4) is 0 Å². The van der Waals surface area contributed by atoms with Gasteiger partial charge in [-0.25, -0.2) is 5.06 Å². The van der Waals surface area contributed by atoms with Crippen molar-refractivity contribution in [2.24, 2.45) is 5.73 Å². The number of hydroxylamine groups is 2. The molecular formula is C8H17AcN3O3. The van der Waals surface area contributed by atoms with E-state index in [9.17, 15) is 4.79 Å². The molecule has 7 heteroatoms. The van der Waals surface area contributed by atoms with E-state index in [4.69, 9.17) is 21.5 Å². The summed E-state index contributed by atoms with van der Waals surface area (Å²) in [4.78, 5) is 10.3. The molecule has 0 spiro atoms. The van der Waals surface area contributed by atoms with Crippen molar-refractivity contribution < 1.29 is 59.2 Å². The van der Waals surface area contributed by atoms with Gasteiger partial charge in [0.15, 0.2) is 0 Å². The third-order valence-corrected chi connectivity index (χ3v) is 1.84. The second-order valence-corrected chi connectivity index (χ2v) is 3.15. The predicted molar refractivity (Wildman–Crippen MR) is 51.4 cm³/mol. The number of nitrogens with zero attached hydrogens (tertiary/aromatic N) is 1. The van der Waals surface area contributed by atoms with Crippen molar-refractivity contribution in [1.82, 2.24) is 5.06 Å². The van der Waals surface area contributed by atoms with Gasteiger partial charge in [-0.3, -0.25) is 15.4 Å². The number of unbranched alkanes of at least 4 members (excludes halogenated alkanes) is 1. The van der Waals surface area contributed by atoms with E-state index < -0.39 is 12.0 Å². The predicted octanol–water partition coefficient (Wildman–Crippen LogP) is 0.257. The summed E-state index contributed by atoms with van der Waals surface area (Å²) in [5, 5.41) is 25.4. The summed E-state index contributed by atoms with van der Waals surface area (Å²) in [6.45, 7) is 1.81. The Hall–Kier alpha value is 0.302. The minimum Gasteiger partial charge on any atom is -0.480 e. The molecule has 5 N–H and O–H groups in total. The number of amidine groups is 1. The van der Waals surface area contributed by atoms with Crippen LogP contribution in [0.1, 0.15) is 26.2 Å². The van der Waals surface area contributed by atoms with Crippen LogP contribution in [0.4, 0.5) is 0 Å². The molecule has 0 aliphatic carbocycles. The molecule has 0 bridgehead atoms. The maximum Gasteiger partial charge on any atom is 0.320 e. The van der Waals surface area contributed by atoms with E-state index in [0.29, 0.717) is 25.8 Å². The zero-order valence-corrected chi connectivity index (χ0v) is 13.6. The van der Waals surface area contributed by atoms with Gasteiger partial charge < -0.3 is 10.8 Å². The van der Waals surface area contributed by atoms with Crippen LogP contribution in [-0.2, 0) is 4.79 Å². The normalized spacial score (nSPS) is 11.4. The summed E-state index contributed by atoms with van der Waals surface area (Å²) < 4.78 is 0. The number of carboxylic acids is 1. The molecule has 0 aromatic heterocycles. The molecule has 0 rings (SSSR count). The van der Waals surface area contributed by atoms with E-state index in [1.165, 1.54) is 6.92 Å². The fraction of sp³-hybridized carbons (Fsp3) is 0.750. The van der Waals surface area contributed by atoms with Crippen LogP contribution in [0.15, 0.2) is 0 Å². The smallest absolute Gasteiger partial charge is 0.320 e. The Bertz CT molecular complexity index is 191. The van der Waals surface area contributed by atoms with Crippen LogP contribution in [0, 0.1) is 49.5 Å². The van der Waals surface area contributed by atoms with Crippen LogP contribution < -0.4 is 5.73 Å². The van der Waals surface area contributed by atoms with Gasteiger partial charge in [-0.15, -0.1) is 0 Å². The molecule has 0 aliphatic heterocycles. The van der Waals surface area contributed by atoms with Crippen molar-refractivity contribution in [1.29, 1.82) is 5.41 Å². The van der Waals surface area contributed by atoms with Crippen LogP contribution in [0.5, 0.6) is 0 Å². The monoisotopic (exact) mass is 430 g/mol. The molecule has 1 atom stereocenters. The van der Waals surface area contributed by atoms with Crippen LogP contribution >= 0.6 is 0 Å². The van der Waals surface area contributed by atoms with Gasteiger partial charge in [0.05, 0.1) is 0 Å². The molecule has 0 unspecified atom stereocenters. The van der Waals surface area contributed by atoms with Crippen molar-refractivity contribution >= 4 is 11.8 Å². The number of nitrogens with one attached hydrogen (secondary N) is 1. The molecule has 0 fully saturated rings. The number of carboxylic acid groups (broad SMARTS) is 1. The largest absolute Gasteiger partial charge is 0.480 e. The van der Waals surface area contributed by atoms with Gasteiger partial charge in [-0.2, -0.15) is 0 Å². The summed E-state index contributed by atoms with van der Waals surface area (Å²) in [5.41, 5.74) is 5.28. The van der Waals surface area contributed by atoms with Crippen molar-refractivity contribution in [2.75, 3.05) is 6.54 Å². The third kappa shape index (κ3) is 9.24. The molecule has 85 valence electrons. The van der Waals surface area contributed by atoms with E-state index in [2.05, 4.69) is 0 Å². The van der Waals surface area contributed by atoms with Crippen molar-refractivity contribution in [3.05, 3.63) is 0 Å². The average Bonchev–Trinajstić information content (AvgIpc) is 2.11. The molecule has 0 heterocycles. The van der Waals surface area contributed by atoms with Crippen molar-refractivity contribution in [2.45, 2.75) is 32.2 Å². The minimum atomic E-state index is -1.01. The standard InChI is InChI=1S/C8H17N3O3.Ac/c1-6(9)11(14)5-3-2-4-7(10)8(12)13;/h7,9,14H,2-5,10H2,1H3,(H,12,13);/t7-;/m0./s1. The zero-order valence-electron chi connectivity index (χ0n) is 8.81. The summed E-state index contributed by atoms with van der Waals surface area (Å²) in [6.07, 6.45) is 1.63. The van der Waals surface area contributed by atoms with E-state index in [0.717, 1.165) is 5.06 Å². The van der Waals surface area contributed by atoms with Crippen LogP contribution in [0.2, 0.25) is 0 Å². The second kappa shape index (κ2) is 9.52. The van der Waals surface area contributed by atoms with E-state index in [-0.39, 0.29) is 49.9 Å². The number of hydrogen-bond donors (Lipinski definition) is 4. The number of hydrogen-bond acceptors (Lipinski definition) is 4. The van der Waals surface area contributed by atoms with E-state index >= 15 is 0 Å². The summed E-state index contributed by atoms with van der Waals surface area (Å²) in [5.74, 6) is -0.929. The summed E-state index contributed by atoms with van der Waals surface area (Å²) in [7, 11) is 0. The van der Waals surface area contributed by atoms with Gasteiger partial charge >= 0.3 is 5.97 Å². The molecule has 0 aromatic rings. The third-order valence-electron chi connectivity index (χ3n) is 1.84. The first-order valence-corrected chi connectivity index (χ1v) is 4.45. The van der Waals surface area contributed by atoms with Crippen LogP contribution in [0.25, 0.3) is 0 Å². The van der Waals surface area contributed by atoms with Gasteiger partial charge in [0.2, 0.25) is 0 Å². The number of aliphatic carboxylic acids is 1. The first kappa shape index (κ1) is 17.7. The van der Waals surface area contributed by atoms with Gasteiger partial charge in [0, 0.05) is 50.6 Å². The molecule has 0 saturated heterocycles. The number of nitrogens with two attached hydrogens (primary N) is 1. The second-order valence-electron chi connectivity index (χ2n) is 3.15. The van der Waals surface area contributed by atoms with Crippen molar-refractivity contribution in [3.63, 3.8) is 0 Å². The van der Waals surface area contributed by atoms with Crippen molar-refractivity contribution in [3.8, 4) is 0 Å². The maximum absolute atomic E-state index is 10.3. The van der Waals surface area contributed by atoms with Gasteiger partial charge in [0.25, 0.3) is 0 Å². The Morgan fingerprint density at radius 2 is 2.07 bits per heavy atom. The first-order chi connectivity index (χ1) is 6.45. The molecule has 15 heavy (non-hydrogen) atoms. The van der Waals surface area contributed by atoms with Gasteiger partial charge in [-0.1, -0.05) is 0 Å². The molecule has 1 radical (unpaired) electrons. The van der Waals surface area contributed by atoms with Gasteiger partial charge in [0.1, 0.15) is 11.9 Å². The molecular weight excluding hydrogens is 413 g/mol. The topological polar surface area (TPSA) is 111 Å². The Labute approximate surface area is 125 Å². The summed E-state index contributed by atoms with van der Waals surface area (Å²) in [6, 6.07) is -0.830. The molecule has 0 aromatic carbocycles. The quantitative estimate of drug-likeness (QED) is 0.209. The fourth-order valence-corrected chi connectivity index (χ4v) is 0.917. The Balaban J connectivity index is 0. The first-order valence-electron chi connectivity index (χ1n) is 4.45. The Morgan fingerprint density at radius 1 is 1.53 bits per heavy atom. The van der Waals surface area contributed by atoms with Gasteiger partial charge in [-0.05, 0) is 26.2 Å². The SMILES string of the molecule is CC(=N)N(O)CCCC[C@H](N)C(=O)O.[Ac]. The summed E-state index contributed by atoms with van der Waals surface area (Å²) >= 11 is 0. The molecule has 0 amide bonds. The number of rotatable bonds is 6. The zero-order chi connectivity index (χ0) is 11.1. The average molecular weight is 430 g/mol. The van der Waals surface area contributed by atoms with E-state index in [1.807, 2.05) is 0 Å². The molecule has 0 aliphatic rings. The van der Waals surface area contributed by atoms with Crippen LogP contribution in [-0.4, -0.2) is 39.8 Å². The maximum atomic E-state index is 10.3. The minimum absolute atomic E-state index is 0. The molecule has 6 nitrogen and oxygen atoms in total. The Morgan fingerprint density at radius 3 is 2.47 bits per heavy atom. The molecule has 0 saturated carbocycles. The Kier molecular flexibility index (Phi) is 11.2. The fourth-order valence-electron chi connectivity index (χ4n) is 0.917. The van der Waals surface area contributed by atoms with E-state index in [1.54, 1.807) is 0 Å². The number of carbonyl (C=O) groups is 1.